The molecular weight excluding hydrogens is 230 g/mol. The molecule has 4 heteroatoms. The van der Waals surface area contributed by atoms with Gasteiger partial charge in [0.2, 0.25) is 0 Å². The van der Waals surface area contributed by atoms with Crippen molar-refractivity contribution < 1.29 is 14.6 Å². The van der Waals surface area contributed by atoms with Crippen molar-refractivity contribution in [1.82, 2.24) is 4.90 Å². The number of hydrogen-bond donors (Lipinski definition) is 1. The highest BCUT2D eigenvalue weighted by molar-refractivity contribution is 4.86. The van der Waals surface area contributed by atoms with Crippen molar-refractivity contribution >= 4 is 0 Å². The van der Waals surface area contributed by atoms with Crippen LogP contribution >= 0.6 is 0 Å². The van der Waals surface area contributed by atoms with Crippen LogP contribution in [0.4, 0.5) is 0 Å². The Hall–Kier alpha value is -0.160. The third-order valence-electron chi connectivity index (χ3n) is 4.74. The van der Waals surface area contributed by atoms with Gasteiger partial charge in [-0.3, -0.25) is 4.90 Å². The minimum atomic E-state index is -0.244. The summed E-state index contributed by atoms with van der Waals surface area (Å²) in [4.78, 5) is 2.33. The lowest BCUT2D eigenvalue weighted by atomic mass is 9.96. The summed E-state index contributed by atoms with van der Waals surface area (Å²) in [5.74, 6) is 0.190. The van der Waals surface area contributed by atoms with Crippen molar-refractivity contribution in [3.63, 3.8) is 0 Å². The number of rotatable bonds is 2. The highest BCUT2D eigenvalue weighted by Gasteiger charge is 2.44. The third-order valence-corrected chi connectivity index (χ3v) is 4.74. The van der Waals surface area contributed by atoms with Gasteiger partial charge < -0.3 is 14.6 Å². The maximum atomic E-state index is 9.91. The predicted molar refractivity (Wildman–Crippen MR) is 68.3 cm³/mol. The molecule has 18 heavy (non-hydrogen) atoms. The summed E-state index contributed by atoms with van der Waals surface area (Å²) >= 11 is 0. The summed E-state index contributed by atoms with van der Waals surface area (Å²) in [6.07, 6.45) is 5.68. The molecule has 1 saturated carbocycles. The predicted octanol–water partition coefficient (Wildman–Crippen LogP) is 1.37. The molecule has 2 aliphatic heterocycles. The highest BCUT2D eigenvalue weighted by atomic mass is 16.7. The molecule has 0 aromatic rings. The fourth-order valence-electron chi connectivity index (χ4n) is 3.45. The molecule has 2 heterocycles. The molecule has 3 rings (SSSR count). The molecule has 104 valence electrons. The molecule has 3 atom stereocenters. The average molecular weight is 255 g/mol. The Bertz CT molecular complexity index is 291. The maximum Gasteiger partial charge on any atom is 0.168 e. The second kappa shape index (κ2) is 5.08. The lowest BCUT2D eigenvalue weighted by molar-refractivity contribution is -0.164. The van der Waals surface area contributed by atoms with Crippen LogP contribution in [0.1, 0.15) is 39.0 Å². The summed E-state index contributed by atoms with van der Waals surface area (Å²) in [5, 5.41) is 9.91. The van der Waals surface area contributed by atoms with Crippen molar-refractivity contribution in [3.05, 3.63) is 0 Å². The molecular formula is C14H25NO3. The van der Waals surface area contributed by atoms with Crippen LogP contribution in [0, 0.1) is 5.92 Å². The van der Waals surface area contributed by atoms with Gasteiger partial charge in [0.05, 0.1) is 18.8 Å². The van der Waals surface area contributed by atoms with Gasteiger partial charge in [0.15, 0.2) is 5.79 Å². The largest absolute Gasteiger partial charge is 0.392 e. The number of piperidine rings is 1. The van der Waals surface area contributed by atoms with Gasteiger partial charge >= 0.3 is 0 Å². The van der Waals surface area contributed by atoms with Crippen LogP contribution in [0.15, 0.2) is 0 Å². The highest BCUT2D eigenvalue weighted by Crippen LogP contribution is 2.39. The van der Waals surface area contributed by atoms with Crippen molar-refractivity contribution in [2.75, 3.05) is 26.2 Å². The first-order valence-electron chi connectivity index (χ1n) is 7.39. The van der Waals surface area contributed by atoms with E-state index >= 15 is 0 Å². The van der Waals surface area contributed by atoms with Gasteiger partial charge in [-0.1, -0.05) is 6.92 Å². The second-order valence-corrected chi connectivity index (χ2v) is 6.26. The Morgan fingerprint density at radius 1 is 1.33 bits per heavy atom. The van der Waals surface area contributed by atoms with Crippen molar-refractivity contribution in [1.29, 1.82) is 0 Å². The Morgan fingerprint density at radius 2 is 2.11 bits per heavy atom. The van der Waals surface area contributed by atoms with Crippen LogP contribution in [0.3, 0.4) is 0 Å². The van der Waals surface area contributed by atoms with Crippen LogP contribution in [0.5, 0.6) is 0 Å². The van der Waals surface area contributed by atoms with E-state index in [0.717, 1.165) is 45.5 Å². The lowest BCUT2D eigenvalue weighted by Gasteiger charge is -2.35. The van der Waals surface area contributed by atoms with Crippen molar-refractivity contribution in [2.24, 2.45) is 5.92 Å². The van der Waals surface area contributed by atoms with E-state index in [1.54, 1.807) is 0 Å². The van der Waals surface area contributed by atoms with E-state index in [4.69, 9.17) is 9.47 Å². The molecule has 0 radical (unpaired) electrons. The summed E-state index contributed by atoms with van der Waals surface area (Å²) < 4.78 is 12.0. The Labute approximate surface area is 109 Å². The molecule has 1 spiro atoms. The van der Waals surface area contributed by atoms with Gasteiger partial charge in [-0.05, 0) is 31.7 Å². The SMILES string of the molecule is CC1CCN(CC2COC3(CCCC3)O2)CC1O. The molecule has 3 unspecified atom stereocenters. The quantitative estimate of drug-likeness (QED) is 0.809. The second-order valence-electron chi connectivity index (χ2n) is 6.26. The molecule has 3 aliphatic rings. The Balaban J connectivity index is 1.49. The van der Waals surface area contributed by atoms with Gasteiger partial charge in [0.25, 0.3) is 0 Å². The number of nitrogens with zero attached hydrogens (tertiary/aromatic N) is 1. The van der Waals surface area contributed by atoms with E-state index in [0.29, 0.717) is 5.92 Å². The van der Waals surface area contributed by atoms with Crippen molar-refractivity contribution in [3.8, 4) is 0 Å². The molecule has 0 amide bonds. The van der Waals surface area contributed by atoms with E-state index < -0.39 is 0 Å². The van der Waals surface area contributed by atoms with E-state index in [1.165, 1.54) is 12.8 Å². The molecule has 3 fully saturated rings. The first kappa shape index (κ1) is 12.9. The maximum absolute atomic E-state index is 9.91. The number of aliphatic hydroxyl groups is 1. The zero-order valence-electron chi connectivity index (χ0n) is 11.3. The molecule has 2 saturated heterocycles. The van der Waals surface area contributed by atoms with Gasteiger partial charge in [0, 0.05) is 25.9 Å². The van der Waals surface area contributed by atoms with Gasteiger partial charge in [-0.15, -0.1) is 0 Å². The number of β-amino-alcohol motifs (C(OH)–C–C–N with tert-alkyl or cyclic N) is 1. The third kappa shape index (κ3) is 2.57. The molecule has 1 N–H and O–H groups in total. The Kier molecular flexibility index (Phi) is 3.63. The van der Waals surface area contributed by atoms with Crippen molar-refractivity contribution in [2.45, 2.75) is 57.0 Å². The minimum Gasteiger partial charge on any atom is -0.392 e. The van der Waals surface area contributed by atoms with E-state index in [9.17, 15) is 5.11 Å². The van der Waals surface area contributed by atoms with Crippen LogP contribution < -0.4 is 0 Å². The van der Waals surface area contributed by atoms with Crippen LogP contribution in [-0.4, -0.2) is 54.2 Å². The number of hydrogen-bond acceptors (Lipinski definition) is 4. The van der Waals surface area contributed by atoms with E-state index in [-0.39, 0.29) is 18.0 Å². The fraction of sp³-hybridized carbons (Fsp3) is 1.00. The number of aliphatic hydroxyl groups excluding tert-OH is 1. The zero-order valence-corrected chi connectivity index (χ0v) is 11.3. The standard InChI is InChI=1S/C14H25NO3/c1-11-4-7-15(9-13(11)16)8-12-10-17-14(18-12)5-2-3-6-14/h11-13,16H,2-10H2,1H3. The van der Waals surface area contributed by atoms with Gasteiger partial charge in [-0.25, -0.2) is 0 Å². The lowest BCUT2D eigenvalue weighted by Crippen LogP contribution is -2.46. The fourth-order valence-corrected chi connectivity index (χ4v) is 3.45. The molecule has 1 aliphatic carbocycles. The van der Waals surface area contributed by atoms with Crippen LogP contribution in [0.25, 0.3) is 0 Å². The summed E-state index contributed by atoms with van der Waals surface area (Å²) in [6.45, 7) is 5.62. The zero-order chi connectivity index (χ0) is 12.6. The molecule has 0 aromatic carbocycles. The van der Waals surface area contributed by atoms with Crippen LogP contribution in [0.2, 0.25) is 0 Å². The van der Waals surface area contributed by atoms with Gasteiger partial charge in [0.1, 0.15) is 0 Å². The smallest absolute Gasteiger partial charge is 0.168 e. The van der Waals surface area contributed by atoms with E-state index in [1.807, 2.05) is 0 Å². The molecule has 0 aromatic heterocycles. The van der Waals surface area contributed by atoms with Gasteiger partial charge in [-0.2, -0.15) is 0 Å². The normalized spacial score (nSPS) is 40.7. The summed E-state index contributed by atoms with van der Waals surface area (Å²) in [6, 6.07) is 0. The first-order valence-corrected chi connectivity index (χ1v) is 7.39. The van der Waals surface area contributed by atoms with Crippen LogP contribution in [-0.2, 0) is 9.47 Å². The van der Waals surface area contributed by atoms with E-state index in [2.05, 4.69) is 11.8 Å². The Morgan fingerprint density at radius 3 is 2.83 bits per heavy atom. The first-order chi connectivity index (χ1) is 8.67. The minimum absolute atomic E-state index is 0.179. The summed E-state index contributed by atoms with van der Waals surface area (Å²) in [5.41, 5.74) is 0. The molecule has 0 bridgehead atoms. The number of ether oxygens (including phenoxy) is 2. The average Bonchev–Trinajstić information content (AvgIpc) is 2.96. The summed E-state index contributed by atoms with van der Waals surface area (Å²) in [7, 11) is 0. The number of likely N-dealkylation sites (tertiary alicyclic amines) is 1. The topological polar surface area (TPSA) is 41.9 Å². The molecule has 4 nitrogen and oxygen atoms in total. The monoisotopic (exact) mass is 255 g/mol.